The van der Waals surface area contributed by atoms with Gasteiger partial charge in [0.15, 0.2) is 0 Å². The van der Waals surface area contributed by atoms with Crippen molar-refractivity contribution >= 4 is 15.7 Å². The van der Waals surface area contributed by atoms with Gasteiger partial charge in [-0.05, 0) is 60.8 Å². The highest BCUT2D eigenvalue weighted by molar-refractivity contribution is 7.93. The summed E-state index contributed by atoms with van der Waals surface area (Å²) in [6.07, 6.45) is 6.12. The monoisotopic (exact) mass is 489 g/mol. The number of fused-ring (bicyclic) bond motifs is 5. The van der Waals surface area contributed by atoms with Crippen LogP contribution in [0.25, 0.3) is 0 Å². The molecule has 1 heterocycles. The minimum absolute atomic E-state index is 0.00938. The molecule has 5 nitrogen and oxygen atoms in total. The summed E-state index contributed by atoms with van der Waals surface area (Å²) in [4.78, 5) is 0. The first-order valence-electron chi connectivity index (χ1n) is 10.9. The van der Waals surface area contributed by atoms with Crippen molar-refractivity contribution in [3.05, 3.63) is 65.2 Å². The van der Waals surface area contributed by atoms with Crippen LogP contribution in [0.5, 0.6) is 0 Å². The normalized spacial score (nSPS) is 25.9. The first-order valence-corrected chi connectivity index (χ1v) is 12.4. The highest BCUT2D eigenvalue weighted by Crippen LogP contribution is 2.55. The Morgan fingerprint density at radius 1 is 1.09 bits per heavy atom. The van der Waals surface area contributed by atoms with Gasteiger partial charge in [-0.15, -0.1) is 12.8 Å². The number of halogens is 3. The van der Waals surface area contributed by atoms with E-state index in [9.17, 15) is 21.6 Å². The van der Waals surface area contributed by atoms with Crippen molar-refractivity contribution in [2.45, 2.75) is 37.2 Å². The number of alkyl halides is 3. The average molecular weight is 490 g/mol. The molecule has 1 aliphatic heterocycles. The van der Waals surface area contributed by atoms with Gasteiger partial charge in [0, 0.05) is 13.1 Å². The number of hydrogen-bond acceptors (Lipinski definition) is 4. The Hall–Kier alpha value is -3.01. The van der Waals surface area contributed by atoms with E-state index in [0.717, 1.165) is 35.7 Å². The molecule has 180 valence electrons. The number of terminal acetylenes is 1. The molecule has 2 aromatic carbocycles. The number of sulfonamides is 1. The molecular formula is C25H26F3N3O2S. The summed E-state index contributed by atoms with van der Waals surface area (Å²) >= 11 is 0. The fraction of sp³-hybridized carbons (Fsp3) is 0.400. The van der Waals surface area contributed by atoms with Crippen LogP contribution in [-0.2, 0) is 22.7 Å². The summed E-state index contributed by atoms with van der Waals surface area (Å²) in [5.74, 6) is 0.509. The molecule has 9 heteroatoms. The Morgan fingerprint density at radius 2 is 1.74 bits per heavy atom. The Balaban J connectivity index is 0.000000274. The molecule has 2 aliphatic carbocycles. The van der Waals surface area contributed by atoms with E-state index < -0.39 is 32.6 Å². The van der Waals surface area contributed by atoms with Crippen LogP contribution >= 0.6 is 0 Å². The maximum atomic E-state index is 13.1. The van der Waals surface area contributed by atoms with E-state index >= 15 is 0 Å². The topological polar surface area (TPSA) is 87.2 Å². The summed E-state index contributed by atoms with van der Waals surface area (Å²) in [5, 5.41) is 8.41. The zero-order valence-electron chi connectivity index (χ0n) is 18.4. The van der Waals surface area contributed by atoms with Crippen LogP contribution in [0.4, 0.5) is 18.9 Å². The van der Waals surface area contributed by atoms with Gasteiger partial charge in [0.1, 0.15) is 0 Å². The van der Waals surface area contributed by atoms with Gasteiger partial charge in [-0.25, -0.2) is 8.42 Å². The maximum absolute atomic E-state index is 13.1. The SMILES string of the molecule is C#C.N#Cc1ccc(N2C[C@H]3[C@H]4CC[C@@H](C4)[C@H]3S2(=O)=O)cc1C(F)(F)F.NCc1ccccc1. The van der Waals surface area contributed by atoms with Crippen molar-refractivity contribution in [2.24, 2.45) is 23.5 Å². The standard InChI is InChI=1S/C16H15F3N2O2S.C7H9N.C2H2/c17-16(18,19)14-6-12(4-3-11(14)7-20)21-8-13-9-1-2-10(5-9)15(13)24(21,22)23;8-6-7-4-2-1-3-5-7;1-2/h3-4,6,9-10,13,15H,1-2,5,8H2;1-5H,6,8H2;1-2H/t9-,10-,13-,15+;;/m0../s1. The van der Waals surface area contributed by atoms with Gasteiger partial charge in [-0.2, -0.15) is 18.4 Å². The van der Waals surface area contributed by atoms with Gasteiger partial charge in [0.25, 0.3) is 0 Å². The van der Waals surface area contributed by atoms with Gasteiger partial charge >= 0.3 is 6.18 Å². The zero-order chi connectivity index (χ0) is 25.1. The molecule has 0 amide bonds. The van der Waals surface area contributed by atoms with Gasteiger partial charge in [-0.3, -0.25) is 4.31 Å². The highest BCUT2D eigenvalue weighted by atomic mass is 32.2. The third-order valence-electron chi connectivity index (χ3n) is 6.83. The van der Waals surface area contributed by atoms with E-state index in [-0.39, 0.29) is 24.1 Å². The third kappa shape index (κ3) is 4.77. The number of nitrogens with zero attached hydrogens (tertiary/aromatic N) is 2. The first kappa shape index (κ1) is 25.6. The first-order chi connectivity index (χ1) is 16.2. The van der Waals surface area contributed by atoms with Crippen molar-refractivity contribution in [1.29, 1.82) is 5.26 Å². The number of benzene rings is 2. The molecular weight excluding hydrogens is 463 g/mol. The van der Waals surface area contributed by atoms with Crippen LogP contribution in [0.1, 0.15) is 36.0 Å². The van der Waals surface area contributed by atoms with Crippen molar-refractivity contribution in [2.75, 3.05) is 10.8 Å². The summed E-state index contributed by atoms with van der Waals surface area (Å²) in [6.45, 7) is 0.887. The molecule has 4 atom stereocenters. The number of hydrogen-bond donors (Lipinski definition) is 1. The lowest BCUT2D eigenvalue weighted by molar-refractivity contribution is -0.137. The van der Waals surface area contributed by atoms with Crippen molar-refractivity contribution in [3.63, 3.8) is 0 Å². The maximum Gasteiger partial charge on any atom is 0.417 e. The lowest BCUT2D eigenvalue weighted by Crippen LogP contribution is -2.33. The van der Waals surface area contributed by atoms with Crippen molar-refractivity contribution in [3.8, 4) is 18.9 Å². The van der Waals surface area contributed by atoms with E-state index in [1.807, 2.05) is 30.3 Å². The predicted molar refractivity (Wildman–Crippen MR) is 125 cm³/mol. The van der Waals surface area contributed by atoms with Gasteiger partial charge < -0.3 is 5.73 Å². The molecule has 3 aliphatic rings. The van der Waals surface area contributed by atoms with E-state index in [1.54, 1.807) is 0 Å². The minimum Gasteiger partial charge on any atom is -0.326 e. The molecule has 3 fully saturated rings. The zero-order valence-corrected chi connectivity index (χ0v) is 19.3. The second-order valence-corrected chi connectivity index (χ2v) is 10.6. The van der Waals surface area contributed by atoms with E-state index in [1.165, 1.54) is 17.7 Å². The molecule has 0 radical (unpaired) electrons. The lowest BCUT2D eigenvalue weighted by atomic mass is 9.88. The molecule has 5 rings (SSSR count). The van der Waals surface area contributed by atoms with Crippen LogP contribution in [0.15, 0.2) is 48.5 Å². The second-order valence-electron chi connectivity index (χ2n) is 8.57. The van der Waals surface area contributed by atoms with Crippen LogP contribution < -0.4 is 10.0 Å². The lowest BCUT2D eigenvalue weighted by Gasteiger charge is -2.22. The van der Waals surface area contributed by atoms with Gasteiger partial charge in [-0.1, -0.05) is 30.3 Å². The smallest absolute Gasteiger partial charge is 0.326 e. The molecule has 1 saturated heterocycles. The Bertz CT molecular complexity index is 1170. The molecule has 0 unspecified atom stereocenters. The molecule has 0 aromatic heterocycles. The Morgan fingerprint density at radius 3 is 2.26 bits per heavy atom. The van der Waals surface area contributed by atoms with Crippen molar-refractivity contribution in [1.82, 2.24) is 0 Å². The Labute approximate surface area is 198 Å². The van der Waals surface area contributed by atoms with Crippen LogP contribution in [0, 0.1) is 41.9 Å². The minimum atomic E-state index is -4.69. The largest absolute Gasteiger partial charge is 0.417 e. The number of nitriles is 1. The average Bonchev–Trinajstić information content (AvgIpc) is 3.53. The van der Waals surface area contributed by atoms with Crippen LogP contribution in [-0.4, -0.2) is 20.2 Å². The van der Waals surface area contributed by atoms with E-state index in [4.69, 9.17) is 11.0 Å². The number of nitrogens with two attached hydrogens (primary N) is 1. The summed E-state index contributed by atoms with van der Waals surface area (Å²) in [7, 11) is -3.65. The van der Waals surface area contributed by atoms with Gasteiger partial charge in [0.2, 0.25) is 10.0 Å². The molecule has 2 N–H and O–H groups in total. The highest BCUT2D eigenvalue weighted by Gasteiger charge is 2.59. The van der Waals surface area contributed by atoms with E-state index in [0.29, 0.717) is 12.5 Å². The van der Waals surface area contributed by atoms with Crippen LogP contribution in [0.3, 0.4) is 0 Å². The fourth-order valence-electron chi connectivity index (χ4n) is 5.40. The summed E-state index contributed by atoms with van der Waals surface area (Å²) < 4.78 is 66.3. The number of rotatable bonds is 2. The molecule has 2 aromatic rings. The van der Waals surface area contributed by atoms with E-state index in [2.05, 4.69) is 12.8 Å². The molecule has 2 bridgehead atoms. The molecule has 2 saturated carbocycles. The fourth-order valence-corrected chi connectivity index (χ4v) is 7.97. The summed E-state index contributed by atoms with van der Waals surface area (Å²) in [5.41, 5.74) is 4.96. The summed E-state index contributed by atoms with van der Waals surface area (Å²) in [6, 6.07) is 14.6. The molecule has 0 spiro atoms. The quantitative estimate of drug-likeness (QED) is 0.628. The van der Waals surface area contributed by atoms with Crippen molar-refractivity contribution < 1.29 is 21.6 Å². The third-order valence-corrected chi connectivity index (χ3v) is 9.23. The van der Waals surface area contributed by atoms with Gasteiger partial charge in [0.05, 0.1) is 28.1 Å². The second kappa shape index (κ2) is 10.1. The Kier molecular flexibility index (Phi) is 7.60. The predicted octanol–water partition coefficient (Wildman–Crippen LogP) is 4.54. The van der Waals surface area contributed by atoms with Crippen LogP contribution in [0.2, 0.25) is 0 Å². The number of anilines is 1. The molecule has 34 heavy (non-hydrogen) atoms.